The second kappa shape index (κ2) is 6.66. The Hall–Kier alpha value is -1.94. The van der Waals surface area contributed by atoms with Gasteiger partial charge in [-0.2, -0.15) is 0 Å². The zero-order valence-corrected chi connectivity index (χ0v) is 17.2. The highest BCUT2D eigenvalue weighted by Crippen LogP contribution is 2.40. The molecule has 138 valence electrons. The molecule has 26 heavy (non-hydrogen) atoms. The first-order valence-electron chi connectivity index (χ1n) is 8.91. The van der Waals surface area contributed by atoms with Crippen molar-refractivity contribution in [3.8, 4) is 5.75 Å². The van der Waals surface area contributed by atoms with Gasteiger partial charge in [-0.25, -0.2) is 4.98 Å². The van der Waals surface area contributed by atoms with Gasteiger partial charge in [0.25, 0.3) is 5.22 Å². The summed E-state index contributed by atoms with van der Waals surface area (Å²) < 4.78 is 5.81. The number of aromatic nitrogens is 1. The molecule has 0 radical (unpaired) electrons. The van der Waals surface area contributed by atoms with Crippen LogP contribution in [-0.2, 0) is 16.6 Å². The van der Waals surface area contributed by atoms with Gasteiger partial charge in [-0.05, 0) is 39.7 Å². The number of phenolic OH excluding ortho intramolecular Hbond substituents is 1. The summed E-state index contributed by atoms with van der Waals surface area (Å²) in [4.78, 5) is 4.53. The minimum Gasteiger partial charge on any atom is -0.507 e. The van der Waals surface area contributed by atoms with Crippen molar-refractivity contribution in [2.24, 2.45) is 0 Å². The van der Waals surface area contributed by atoms with Crippen molar-refractivity contribution < 1.29 is 9.52 Å². The van der Waals surface area contributed by atoms with E-state index in [2.05, 4.69) is 58.7 Å². The quantitative estimate of drug-likeness (QED) is 0.541. The van der Waals surface area contributed by atoms with Crippen molar-refractivity contribution in [1.82, 2.24) is 4.98 Å². The van der Waals surface area contributed by atoms with E-state index in [0.29, 0.717) is 11.0 Å². The first-order chi connectivity index (χ1) is 12.1. The molecule has 3 aromatic rings. The van der Waals surface area contributed by atoms with E-state index in [1.165, 1.54) is 5.56 Å². The van der Waals surface area contributed by atoms with Crippen LogP contribution in [0.5, 0.6) is 5.75 Å². The van der Waals surface area contributed by atoms with Crippen LogP contribution in [0, 0.1) is 0 Å². The van der Waals surface area contributed by atoms with Crippen molar-refractivity contribution in [3.05, 3.63) is 53.1 Å². The summed E-state index contributed by atoms with van der Waals surface area (Å²) in [5, 5.41) is 11.5. The van der Waals surface area contributed by atoms with Gasteiger partial charge in [0.15, 0.2) is 5.58 Å². The molecule has 0 aliphatic heterocycles. The van der Waals surface area contributed by atoms with Crippen LogP contribution in [-0.4, -0.2) is 10.1 Å². The fourth-order valence-corrected chi connectivity index (χ4v) is 3.75. The number of thioether (sulfide) groups is 1. The van der Waals surface area contributed by atoms with Gasteiger partial charge in [0.05, 0.1) is 0 Å². The molecule has 0 atom stereocenters. The molecule has 3 rings (SSSR count). The predicted molar refractivity (Wildman–Crippen MR) is 109 cm³/mol. The Balaban J connectivity index is 1.93. The molecule has 0 aliphatic carbocycles. The highest BCUT2D eigenvalue weighted by atomic mass is 32.2. The molecule has 0 amide bonds. The Bertz CT molecular complexity index is 861. The van der Waals surface area contributed by atoms with E-state index in [0.717, 1.165) is 28.0 Å². The van der Waals surface area contributed by atoms with Crippen molar-refractivity contribution >= 4 is 22.9 Å². The van der Waals surface area contributed by atoms with Gasteiger partial charge in [-0.15, -0.1) is 0 Å². The normalized spacial score (nSPS) is 12.7. The third-order valence-corrected chi connectivity index (χ3v) is 5.32. The van der Waals surface area contributed by atoms with Crippen LogP contribution < -0.4 is 0 Å². The predicted octanol–water partition coefficient (Wildman–Crippen LogP) is 6.42. The van der Waals surface area contributed by atoms with Crippen molar-refractivity contribution in [3.63, 3.8) is 0 Å². The summed E-state index contributed by atoms with van der Waals surface area (Å²) in [6.45, 7) is 12.8. The average Bonchev–Trinajstić information content (AvgIpc) is 2.94. The van der Waals surface area contributed by atoms with Gasteiger partial charge < -0.3 is 9.52 Å². The molecule has 1 N–H and O–H groups in total. The van der Waals surface area contributed by atoms with Crippen LogP contribution in [0.1, 0.15) is 58.2 Å². The van der Waals surface area contributed by atoms with E-state index < -0.39 is 0 Å². The van der Waals surface area contributed by atoms with E-state index in [1.807, 2.05) is 24.3 Å². The van der Waals surface area contributed by atoms with Gasteiger partial charge in [-0.3, -0.25) is 0 Å². The maximum atomic E-state index is 10.8. The second-order valence-corrected chi connectivity index (χ2v) is 9.70. The molecule has 0 unspecified atom stereocenters. The first-order valence-corrected chi connectivity index (χ1v) is 9.89. The Morgan fingerprint density at radius 1 is 0.962 bits per heavy atom. The van der Waals surface area contributed by atoms with Gasteiger partial charge in [0, 0.05) is 5.75 Å². The fraction of sp³-hybridized carbons (Fsp3) is 0.409. The SMILES string of the molecule is CC(C)(C)c1cc(CSc2nc3ccccc3o2)cc(C(C)(C)C)c1O. The van der Waals surface area contributed by atoms with Crippen molar-refractivity contribution in [1.29, 1.82) is 0 Å². The topological polar surface area (TPSA) is 46.3 Å². The maximum absolute atomic E-state index is 10.8. The third-order valence-electron chi connectivity index (χ3n) is 4.42. The number of aromatic hydroxyl groups is 1. The Morgan fingerprint density at radius 2 is 1.54 bits per heavy atom. The number of hydrogen-bond donors (Lipinski definition) is 1. The van der Waals surface area contributed by atoms with Crippen LogP contribution in [0.2, 0.25) is 0 Å². The van der Waals surface area contributed by atoms with Crippen LogP contribution in [0.4, 0.5) is 0 Å². The lowest BCUT2D eigenvalue weighted by molar-refractivity contribution is 0.423. The Morgan fingerprint density at radius 3 is 2.08 bits per heavy atom. The van der Waals surface area contributed by atoms with Crippen molar-refractivity contribution in [2.75, 3.05) is 0 Å². The van der Waals surface area contributed by atoms with E-state index >= 15 is 0 Å². The minimum atomic E-state index is -0.123. The largest absolute Gasteiger partial charge is 0.507 e. The molecule has 3 nitrogen and oxygen atoms in total. The van der Waals surface area contributed by atoms with Gasteiger partial charge in [0.2, 0.25) is 0 Å². The molecule has 0 fully saturated rings. The summed E-state index contributed by atoms with van der Waals surface area (Å²) in [6, 6.07) is 12.0. The number of rotatable bonds is 3. The molecule has 0 saturated carbocycles. The van der Waals surface area contributed by atoms with Crippen LogP contribution in [0.25, 0.3) is 11.1 Å². The number of nitrogens with zero attached hydrogens (tertiary/aromatic N) is 1. The molecule has 0 aliphatic rings. The zero-order valence-electron chi connectivity index (χ0n) is 16.4. The molecule has 1 heterocycles. The minimum absolute atomic E-state index is 0.123. The summed E-state index contributed by atoms with van der Waals surface area (Å²) >= 11 is 1.58. The molecular formula is C22H27NO2S. The van der Waals surface area contributed by atoms with Crippen LogP contribution in [0.3, 0.4) is 0 Å². The lowest BCUT2D eigenvalue weighted by Crippen LogP contribution is -2.17. The number of para-hydroxylation sites is 2. The monoisotopic (exact) mass is 369 g/mol. The Kier molecular flexibility index (Phi) is 4.82. The smallest absolute Gasteiger partial charge is 0.257 e. The Labute approximate surface area is 159 Å². The molecule has 0 saturated heterocycles. The van der Waals surface area contributed by atoms with E-state index in [9.17, 15) is 5.11 Å². The van der Waals surface area contributed by atoms with Gasteiger partial charge >= 0.3 is 0 Å². The van der Waals surface area contributed by atoms with Crippen LogP contribution in [0.15, 0.2) is 46.0 Å². The number of phenols is 1. The van der Waals surface area contributed by atoms with Gasteiger partial charge in [0.1, 0.15) is 11.3 Å². The number of benzene rings is 2. The van der Waals surface area contributed by atoms with Gasteiger partial charge in [-0.1, -0.05) is 77.6 Å². The molecule has 0 bridgehead atoms. The summed E-state index contributed by atoms with van der Waals surface area (Å²) in [6.07, 6.45) is 0. The number of fused-ring (bicyclic) bond motifs is 1. The summed E-state index contributed by atoms with van der Waals surface area (Å²) in [5.74, 6) is 1.17. The van der Waals surface area contributed by atoms with E-state index in [1.54, 1.807) is 11.8 Å². The van der Waals surface area contributed by atoms with Crippen molar-refractivity contribution in [2.45, 2.75) is 63.3 Å². The average molecular weight is 370 g/mol. The van der Waals surface area contributed by atoms with Crippen LogP contribution >= 0.6 is 11.8 Å². The molecule has 2 aromatic carbocycles. The molecule has 4 heteroatoms. The third kappa shape index (κ3) is 3.90. The number of oxazole rings is 1. The lowest BCUT2D eigenvalue weighted by Gasteiger charge is -2.28. The second-order valence-electron chi connectivity index (χ2n) is 8.78. The highest BCUT2D eigenvalue weighted by Gasteiger charge is 2.26. The standard InChI is InChI=1S/C22H27NO2S/c1-21(2,3)15-11-14(12-16(19(15)24)22(4,5)6)13-26-20-23-17-9-7-8-10-18(17)25-20/h7-12,24H,13H2,1-6H3. The first kappa shape index (κ1) is 18.8. The molecule has 0 spiro atoms. The molecular weight excluding hydrogens is 342 g/mol. The number of hydrogen-bond acceptors (Lipinski definition) is 4. The summed E-state index contributed by atoms with van der Waals surface area (Å²) in [7, 11) is 0. The summed E-state index contributed by atoms with van der Waals surface area (Å²) in [5.41, 5.74) is 4.59. The highest BCUT2D eigenvalue weighted by molar-refractivity contribution is 7.98. The molecule has 1 aromatic heterocycles. The lowest BCUT2D eigenvalue weighted by atomic mass is 9.78. The van der Waals surface area contributed by atoms with E-state index in [4.69, 9.17) is 4.42 Å². The maximum Gasteiger partial charge on any atom is 0.257 e. The van der Waals surface area contributed by atoms with E-state index in [-0.39, 0.29) is 10.8 Å². The zero-order chi connectivity index (χ0) is 19.1. The fourth-order valence-electron chi connectivity index (χ4n) is 2.98.